The standard InChI is InChI=1S/C32H42N4O7/c1-21-13-11-12-16-23(21)26(36(18-17-33)28(39)25(20-37)35-30(41)43-32(5,6)7)27(38)34-24(29(40)42-31(2,3)4)19-22-14-9-8-10-15-22/h8-16,24-26,37H,18-20H2,1-7H3,(H,34,38)(H,35,41). The van der Waals surface area contributed by atoms with E-state index in [0.29, 0.717) is 11.1 Å². The largest absolute Gasteiger partial charge is 0.458 e. The van der Waals surface area contributed by atoms with E-state index in [0.717, 1.165) is 10.5 Å². The molecule has 0 saturated heterocycles. The molecule has 11 heteroatoms. The van der Waals surface area contributed by atoms with Crippen LogP contribution in [0.15, 0.2) is 54.6 Å². The number of nitrogens with one attached hydrogen (secondary N) is 2. The van der Waals surface area contributed by atoms with E-state index in [-0.39, 0.29) is 6.42 Å². The van der Waals surface area contributed by atoms with Crippen molar-refractivity contribution in [1.82, 2.24) is 15.5 Å². The molecule has 11 nitrogen and oxygen atoms in total. The summed E-state index contributed by atoms with van der Waals surface area (Å²) in [5.74, 6) is -2.32. The maximum absolute atomic E-state index is 14.1. The highest BCUT2D eigenvalue weighted by molar-refractivity contribution is 5.94. The molecular weight excluding hydrogens is 552 g/mol. The number of ether oxygens (including phenoxy) is 2. The molecule has 0 aromatic heterocycles. The lowest BCUT2D eigenvalue weighted by Crippen LogP contribution is -2.56. The number of carbonyl (C=O) groups is 4. The Morgan fingerprint density at radius 1 is 0.884 bits per heavy atom. The summed E-state index contributed by atoms with van der Waals surface area (Å²) in [5, 5.41) is 24.8. The highest BCUT2D eigenvalue weighted by Gasteiger charge is 2.38. The Balaban J connectivity index is 2.54. The number of benzene rings is 2. The summed E-state index contributed by atoms with van der Waals surface area (Å²) in [5.41, 5.74) is 0.0730. The topological polar surface area (TPSA) is 158 Å². The minimum atomic E-state index is -1.52. The van der Waals surface area contributed by atoms with E-state index in [9.17, 15) is 29.5 Å². The number of rotatable bonds is 11. The summed E-state index contributed by atoms with van der Waals surface area (Å²) in [6.45, 7) is 10.4. The average molecular weight is 595 g/mol. The van der Waals surface area contributed by atoms with Crippen molar-refractivity contribution in [2.75, 3.05) is 13.2 Å². The van der Waals surface area contributed by atoms with Crippen LogP contribution in [0.1, 0.15) is 64.3 Å². The zero-order valence-electron chi connectivity index (χ0n) is 25.8. The van der Waals surface area contributed by atoms with Crippen LogP contribution >= 0.6 is 0 Å². The summed E-state index contributed by atoms with van der Waals surface area (Å²) >= 11 is 0. The molecule has 2 aromatic carbocycles. The molecule has 3 unspecified atom stereocenters. The van der Waals surface area contributed by atoms with Crippen molar-refractivity contribution in [1.29, 1.82) is 5.26 Å². The summed E-state index contributed by atoms with van der Waals surface area (Å²) in [4.78, 5) is 54.6. The molecule has 0 radical (unpaired) electrons. The van der Waals surface area contributed by atoms with Crippen LogP contribution in [0.25, 0.3) is 0 Å². The quantitative estimate of drug-likeness (QED) is 0.264. The first-order valence-electron chi connectivity index (χ1n) is 14.0. The molecule has 0 bridgehead atoms. The van der Waals surface area contributed by atoms with Gasteiger partial charge in [0.2, 0.25) is 11.8 Å². The van der Waals surface area contributed by atoms with Crippen molar-refractivity contribution in [3.8, 4) is 6.07 Å². The molecule has 0 aliphatic heterocycles. The van der Waals surface area contributed by atoms with E-state index in [2.05, 4.69) is 10.6 Å². The maximum atomic E-state index is 14.1. The first-order valence-corrected chi connectivity index (χ1v) is 14.0. The molecule has 0 spiro atoms. The number of alkyl carbamates (subject to hydrolysis) is 1. The van der Waals surface area contributed by atoms with Gasteiger partial charge in [0.15, 0.2) is 0 Å². The molecule has 0 heterocycles. The number of esters is 1. The Labute approximate surface area is 253 Å². The number of nitriles is 1. The zero-order valence-corrected chi connectivity index (χ0v) is 25.8. The molecule has 0 fully saturated rings. The molecule has 0 aliphatic carbocycles. The van der Waals surface area contributed by atoms with E-state index in [1.54, 1.807) is 84.9 Å². The van der Waals surface area contributed by atoms with Crippen molar-refractivity contribution in [3.63, 3.8) is 0 Å². The molecule has 232 valence electrons. The second kappa shape index (κ2) is 15.2. The van der Waals surface area contributed by atoms with Gasteiger partial charge < -0.3 is 30.1 Å². The van der Waals surface area contributed by atoms with Gasteiger partial charge in [-0.3, -0.25) is 9.59 Å². The zero-order chi connectivity index (χ0) is 32.4. The summed E-state index contributed by atoms with van der Waals surface area (Å²) in [6, 6.07) is 13.7. The van der Waals surface area contributed by atoms with E-state index in [1.807, 2.05) is 24.3 Å². The molecule has 0 aliphatic rings. The van der Waals surface area contributed by atoms with Crippen molar-refractivity contribution >= 4 is 23.9 Å². The molecule has 3 amide bonds. The van der Waals surface area contributed by atoms with E-state index >= 15 is 0 Å². The Kier molecular flexibility index (Phi) is 12.3. The van der Waals surface area contributed by atoms with Gasteiger partial charge in [-0.1, -0.05) is 54.6 Å². The third-order valence-electron chi connectivity index (χ3n) is 6.03. The van der Waals surface area contributed by atoms with Crippen LogP contribution < -0.4 is 10.6 Å². The fourth-order valence-electron chi connectivity index (χ4n) is 4.22. The Bertz CT molecular complexity index is 1310. The minimum absolute atomic E-state index is 0.105. The number of aliphatic hydroxyl groups excluding tert-OH is 1. The lowest BCUT2D eigenvalue weighted by Gasteiger charge is -2.34. The van der Waals surface area contributed by atoms with Gasteiger partial charge in [-0.15, -0.1) is 0 Å². The van der Waals surface area contributed by atoms with Gasteiger partial charge in [0.25, 0.3) is 0 Å². The molecule has 43 heavy (non-hydrogen) atoms. The number of amides is 3. The predicted molar refractivity (Wildman–Crippen MR) is 159 cm³/mol. The lowest BCUT2D eigenvalue weighted by molar-refractivity contribution is -0.159. The summed E-state index contributed by atoms with van der Waals surface area (Å²) in [6.07, 6.45) is -0.852. The Hall–Kier alpha value is -4.43. The maximum Gasteiger partial charge on any atom is 0.408 e. The van der Waals surface area contributed by atoms with Gasteiger partial charge in [0.1, 0.15) is 35.9 Å². The highest BCUT2D eigenvalue weighted by atomic mass is 16.6. The number of aliphatic hydroxyl groups is 1. The van der Waals surface area contributed by atoms with E-state index < -0.39 is 66.4 Å². The van der Waals surface area contributed by atoms with Crippen LogP contribution in [-0.2, 0) is 30.3 Å². The fourth-order valence-corrected chi connectivity index (χ4v) is 4.22. The Morgan fingerprint density at radius 3 is 2.00 bits per heavy atom. The van der Waals surface area contributed by atoms with Gasteiger partial charge in [-0.05, 0) is 65.2 Å². The second-order valence-electron chi connectivity index (χ2n) is 12.0. The predicted octanol–water partition coefficient (Wildman–Crippen LogP) is 3.34. The number of carbonyl (C=O) groups excluding carboxylic acids is 4. The molecule has 2 rings (SSSR count). The SMILES string of the molecule is Cc1ccccc1C(C(=O)NC(Cc1ccccc1)C(=O)OC(C)(C)C)N(CC#N)C(=O)C(CO)NC(=O)OC(C)(C)C. The molecule has 2 aromatic rings. The minimum Gasteiger partial charge on any atom is -0.458 e. The first kappa shape index (κ1) is 34.8. The van der Waals surface area contributed by atoms with Crippen LogP contribution in [0, 0.1) is 18.3 Å². The molecular formula is C32H42N4O7. The van der Waals surface area contributed by atoms with Gasteiger partial charge in [0, 0.05) is 6.42 Å². The number of hydrogen-bond acceptors (Lipinski definition) is 8. The van der Waals surface area contributed by atoms with E-state index in [1.165, 1.54) is 0 Å². The summed E-state index contributed by atoms with van der Waals surface area (Å²) < 4.78 is 10.8. The monoisotopic (exact) mass is 594 g/mol. The smallest absolute Gasteiger partial charge is 0.408 e. The third-order valence-corrected chi connectivity index (χ3v) is 6.03. The number of nitrogens with zero attached hydrogens (tertiary/aromatic N) is 2. The van der Waals surface area contributed by atoms with Crippen LogP contribution in [0.2, 0.25) is 0 Å². The number of hydrogen-bond donors (Lipinski definition) is 3. The van der Waals surface area contributed by atoms with Gasteiger partial charge in [-0.25, -0.2) is 9.59 Å². The molecule has 3 atom stereocenters. The lowest BCUT2D eigenvalue weighted by atomic mass is 9.97. The van der Waals surface area contributed by atoms with Crippen molar-refractivity contribution < 1.29 is 33.8 Å². The van der Waals surface area contributed by atoms with Gasteiger partial charge in [-0.2, -0.15) is 5.26 Å². The second-order valence-corrected chi connectivity index (χ2v) is 12.0. The third kappa shape index (κ3) is 11.1. The van der Waals surface area contributed by atoms with Crippen LogP contribution in [0.5, 0.6) is 0 Å². The van der Waals surface area contributed by atoms with Crippen LogP contribution in [0.3, 0.4) is 0 Å². The average Bonchev–Trinajstić information content (AvgIpc) is 2.90. The summed E-state index contributed by atoms with van der Waals surface area (Å²) in [7, 11) is 0. The van der Waals surface area contributed by atoms with E-state index in [4.69, 9.17) is 9.47 Å². The highest BCUT2D eigenvalue weighted by Crippen LogP contribution is 2.26. The first-order chi connectivity index (χ1) is 20.1. The van der Waals surface area contributed by atoms with Crippen LogP contribution in [-0.4, -0.2) is 70.3 Å². The fraction of sp³-hybridized carbons (Fsp3) is 0.469. The number of aryl methyl sites for hydroxylation is 1. The normalized spacial score (nSPS) is 13.5. The molecule has 3 N–H and O–H groups in total. The van der Waals surface area contributed by atoms with Crippen LogP contribution in [0.4, 0.5) is 4.79 Å². The van der Waals surface area contributed by atoms with Crippen molar-refractivity contribution in [2.45, 2.75) is 84.2 Å². The van der Waals surface area contributed by atoms with Crippen molar-refractivity contribution in [3.05, 3.63) is 71.3 Å². The van der Waals surface area contributed by atoms with Gasteiger partial charge in [0.05, 0.1) is 12.7 Å². The molecule has 0 saturated carbocycles. The Morgan fingerprint density at radius 2 is 1.47 bits per heavy atom. The van der Waals surface area contributed by atoms with Crippen molar-refractivity contribution in [2.24, 2.45) is 0 Å². The van der Waals surface area contributed by atoms with Gasteiger partial charge >= 0.3 is 12.1 Å².